The zero-order valence-corrected chi connectivity index (χ0v) is 15.8. The van der Waals surface area contributed by atoms with Crippen LogP contribution in [0.25, 0.3) is 0 Å². The normalized spacial score (nSPS) is 20.7. The summed E-state index contributed by atoms with van der Waals surface area (Å²) >= 11 is 0. The first kappa shape index (κ1) is 18.3. The second-order valence-electron chi connectivity index (χ2n) is 7.25. The largest absolute Gasteiger partial charge is 0.503 e. The van der Waals surface area contributed by atoms with E-state index in [1.807, 2.05) is 12.1 Å². The summed E-state index contributed by atoms with van der Waals surface area (Å²) in [5, 5.41) is 10.7. The number of rotatable bonds is 5. The Labute approximate surface area is 163 Å². The van der Waals surface area contributed by atoms with Crippen molar-refractivity contribution in [1.29, 1.82) is 0 Å². The quantitative estimate of drug-likeness (QED) is 0.785. The highest BCUT2D eigenvalue weighted by Crippen LogP contribution is 2.43. The number of furan rings is 1. The maximum atomic E-state index is 13.1. The SMILES string of the molecule is COc1ccc(C2C(C(=O)c3ccco3)=C(O)C(=O)N2C2CCCCC2)cc1. The molecule has 1 unspecified atom stereocenters. The highest BCUT2D eigenvalue weighted by atomic mass is 16.5. The Bertz CT molecular complexity index is 892. The molecule has 2 aromatic rings. The lowest BCUT2D eigenvalue weighted by atomic mass is 9.90. The van der Waals surface area contributed by atoms with Gasteiger partial charge in [-0.3, -0.25) is 9.59 Å². The van der Waals surface area contributed by atoms with Gasteiger partial charge < -0.3 is 19.2 Å². The summed E-state index contributed by atoms with van der Waals surface area (Å²) in [6, 6.07) is 9.77. The van der Waals surface area contributed by atoms with Crippen LogP contribution in [0.5, 0.6) is 5.75 Å². The van der Waals surface area contributed by atoms with Gasteiger partial charge in [-0.2, -0.15) is 0 Å². The second-order valence-corrected chi connectivity index (χ2v) is 7.25. The van der Waals surface area contributed by atoms with Gasteiger partial charge >= 0.3 is 0 Å². The lowest BCUT2D eigenvalue weighted by Crippen LogP contribution is -2.41. The minimum absolute atomic E-state index is 0.00240. The summed E-state index contributed by atoms with van der Waals surface area (Å²) in [7, 11) is 1.58. The number of aliphatic hydroxyl groups is 1. The maximum absolute atomic E-state index is 13.1. The van der Waals surface area contributed by atoms with Crippen LogP contribution in [-0.2, 0) is 4.79 Å². The van der Waals surface area contributed by atoms with Gasteiger partial charge in [0.15, 0.2) is 11.5 Å². The number of benzene rings is 1. The molecule has 1 aliphatic heterocycles. The van der Waals surface area contributed by atoms with Crippen molar-refractivity contribution in [2.45, 2.75) is 44.2 Å². The Kier molecular flexibility index (Phi) is 4.94. The van der Waals surface area contributed by atoms with Crippen LogP contribution >= 0.6 is 0 Å². The molecule has 1 aromatic carbocycles. The van der Waals surface area contributed by atoms with Crippen LogP contribution in [0.15, 0.2) is 58.4 Å². The number of hydrogen-bond acceptors (Lipinski definition) is 5. The van der Waals surface area contributed by atoms with Crippen LogP contribution in [0.1, 0.15) is 54.3 Å². The highest BCUT2D eigenvalue weighted by molar-refractivity contribution is 6.15. The number of carbonyl (C=O) groups is 2. The Morgan fingerprint density at radius 2 is 1.86 bits per heavy atom. The van der Waals surface area contributed by atoms with Crippen LogP contribution in [-0.4, -0.2) is 34.8 Å². The van der Waals surface area contributed by atoms with Crippen molar-refractivity contribution in [3.8, 4) is 5.75 Å². The van der Waals surface area contributed by atoms with E-state index in [-0.39, 0.29) is 17.4 Å². The molecule has 1 aromatic heterocycles. The third-order valence-corrected chi connectivity index (χ3v) is 5.63. The number of amides is 1. The standard InChI is InChI=1S/C22H23NO5/c1-27-16-11-9-14(10-12-16)19-18(20(24)17-8-5-13-28-17)21(25)22(26)23(19)15-6-3-2-4-7-15/h5,8-13,15,19,25H,2-4,6-7H2,1H3. The van der Waals surface area contributed by atoms with E-state index in [1.54, 1.807) is 36.3 Å². The van der Waals surface area contributed by atoms with E-state index in [9.17, 15) is 14.7 Å². The molecule has 0 bridgehead atoms. The molecule has 1 N–H and O–H groups in total. The van der Waals surface area contributed by atoms with Gasteiger partial charge in [0.25, 0.3) is 5.91 Å². The molecule has 146 valence electrons. The van der Waals surface area contributed by atoms with Crippen molar-refractivity contribution in [2.24, 2.45) is 0 Å². The van der Waals surface area contributed by atoms with Gasteiger partial charge in [-0.25, -0.2) is 0 Å². The Hall–Kier alpha value is -3.02. The predicted molar refractivity (Wildman–Crippen MR) is 102 cm³/mol. The molecule has 1 amide bonds. The Morgan fingerprint density at radius 1 is 1.14 bits per heavy atom. The zero-order valence-electron chi connectivity index (χ0n) is 15.8. The molecule has 28 heavy (non-hydrogen) atoms. The van der Waals surface area contributed by atoms with Gasteiger partial charge in [0.05, 0.1) is 25.0 Å². The fraction of sp³-hybridized carbons (Fsp3) is 0.364. The van der Waals surface area contributed by atoms with E-state index in [1.165, 1.54) is 6.26 Å². The van der Waals surface area contributed by atoms with Gasteiger partial charge in [0.2, 0.25) is 5.78 Å². The third-order valence-electron chi connectivity index (χ3n) is 5.63. The van der Waals surface area contributed by atoms with E-state index < -0.39 is 23.5 Å². The lowest BCUT2D eigenvalue weighted by molar-refractivity contribution is -0.132. The topological polar surface area (TPSA) is 80.0 Å². The van der Waals surface area contributed by atoms with Crippen LogP contribution in [0.2, 0.25) is 0 Å². The van der Waals surface area contributed by atoms with Crippen LogP contribution in [0, 0.1) is 0 Å². The van der Waals surface area contributed by atoms with Crippen molar-refractivity contribution < 1.29 is 23.8 Å². The fourth-order valence-corrected chi connectivity index (χ4v) is 4.24. The monoisotopic (exact) mass is 381 g/mol. The van der Waals surface area contributed by atoms with Crippen molar-refractivity contribution in [3.05, 3.63) is 65.3 Å². The van der Waals surface area contributed by atoms with E-state index in [0.717, 1.165) is 37.7 Å². The van der Waals surface area contributed by atoms with Crippen molar-refractivity contribution in [1.82, 2.24) is 4.90 Å². The van der Waals surface area contributed by atoms with E-state index in [2.05, 4.69) is 0 Å². The summed E-state index contributed by atoms with van der Waals surface area (Å²) in [4.78, 5) is 27.8. The molecule has 0 radical (unpaired) electrons. The number of methoxy groups -OCH3 is 1. The van der Waals surface area contributed by atoms with E-state index >= 15 is 0 Å². The lowest BCUT2D eigenvalue weighted by Gasteiger charge is -2.36. The van der Waals surface area contributed by atoms with Crippen LogP contribution < -0.4 is 4.74 Å². The summed E-state index contributed by atoms with van der Waals surface area (Å²) in [5.41, 5.74) is 0.842. The summed E-state index contributed by atoms with van der Waals surface area (Å²) in [5.74, 6) is -0.631. The molecule has 4 rings (SSSR count). The molecule has 1 fully saturated rings. The Morgan fingerprint density at radius 3 is 2.46 bits per heavy atom. The average Bonchev–Trinajstić information content (AvgIpc) is 3.36. The number of ketones is 1. The van der Waals surface area contributed by atoms with Gasteiger partial charge in [-0.15, -0.1) is 0 Å². The van der Waals surface area contributed by atoms with Crippen LogP contribution in [0.4, 0.5) is 0 Å². The maximum Gasteiger partial charge on any atom is 0.290 e. The second kappa shape index (κ2) is 7.54. The first-order valence-electron chi connectivity index (χ1n) is 9.59. The smallest absolute Gasteiger partial charge is 0.290 e. The van der Waals surface area contributed by atoms with Gasteiger partial charge in [0, 0.05) is 6.04 Å². The third kappa shape index (κ3) is 3.09. The zero-order chi connectivity index (χ0) is 19.7. The van der Waals surface area contributed by atoms with E-state index in [0.29, 0.717) is 5.75 Å². The molecule has 1 saturated carbocycles. The molecule has 1 aliphatic carbocycles. The number of ether oxygens (including phenoxy) is 1. The summed E-state index contributed by atoms with van der Waals surface area (Å²) < 4.78 is 10.5. The van der Waals surface area contributed by atoms with Gasteiger partial charge in [-0.1, -0.05) is 31.4 Å². The van der Waals surface area contributed by atoms with Gasteiger partial charge in [-0.05, 0) is 42.7 Å². The molecule has 1 atom stereocenters. The summed E-state index contributed by atoms with van der Waals surface area (Å²) in [6.07, 6.45) is 6.35. The molecule has 0 spiro atoms. The minimum Gasteiger partial charge on any atom is -0.503 e. The molecular formula is C22H23NO5. The molecular weight excluding hydrogens is 358 g/mol. The number of nitrogens with zero attached hydrogens (tertiary/aromatic N) is 1. The summed E-state index contributed by atoms with van der Waals surface area (Å²) in [6.45, 7) is 0. The van der Waals surface area contributed by atoms with Crippen molar-refractivity contribution in [3.63, 3.8) is 0 Å². The predicted octanol–water partition coefficient (Wildman–Crippen LogP) is 4.20. The first-order valence-corrected chi connectivity index (χ1v) is 9.59. The number of carbonyl (C=O) groups excluding carboxylic acids is 2. The van der Waals surface area contributed by atoms with Crippen molar-refractivity contribution >= 4 is 11.7 Å². The van der Waals surface area contributed by atoms with Crippen molar-refractivity contribution in [2.75, 3.05) is 7.11 Å². The molecule has 2 heterocycles. The number of aliphatic hydroxyl groups excluding tert-OH is 1. The van der Waals surface area contributed by atoms with E-state index in [4.69, 9.17) is 9.15 Å². The van der Waals surface area contributed by atoms with Crippen LogP contribution in [0.3, 0.4) is 0 Å². The number of Topliss-reactive ketones (excluding diaryl/α,β-unsaturated/α-hetero) is 1. The molecule has 0 saturated heterocycles. The van der Waals surface area contributed by atoms with Gasteiger partial charge in [0.1, 0.15) is 5.75 Å². The fourth-order valence-electron chi connectivity index (χ4n) is 4.24. The minimum atomic E-state index is -0.640. The molecule has 6 nitrogen and oxygen atoms in total. The first-order chi connectivity index (χ1) is 13.6. The molecule has 2 aliphatic rings. The number of hydrogen-bond donors (Lipinski definition) is 1. The Balaban J connectivity index is 1.79. The molecule has 6 heteroatoms. The average molecular weight is 381 g/mol. The highest BCUT2D eigenvalue weighted by Gasteiger charge is 2.47.